The first kappa shape index (κ1) is 8.29. The van der Waals surface area contributed by atoms with Gasteiger partial charge in [-0.15, -0.1) is 0 Å². The Balaban J connectivity index is 3.22. The Kier molecular flexibility index (Phi) is 5.00. The van der Waals surface area contributed by atoms with Crippen molar-refractivity contribution in [1.82, 2.24) is 5.32 Å². The lowest BCUT2D eigenvalue weighted by atomic mass is 10.0. The van der Waals surface area contributed by atoms with Crippen LogP contribution >= 0.6 is 0 Å². The van der Waals surface area contributed by atoms with E-state index in [9.17, 15) is 0 Å². The molecule has 52 valence electrons. The largest absolute Gasteiger partial charge is 0.324 e. The zero-order valence-electron chi connectivity index (χ0n) is 6.15. The van der Waals surface area contributed by atoms with Crippen LogP contribution in [0.1, 0.15) is 26.7 Å². The second-order valence-corrected chi connectivity index (χ2v) is 2.18. The lowest BCUT2D eigenvalue weighted by molar-refractivity contribution is 0.480. The first-order valence-electron chi connectivity index (χ1n) is 3.47. The third kappa shape index (κ3) is 3.84. The minimum absolute atomic E-state index is 0.671. The van der Waals surface area contributed by atoms with Crippen molar-refractivity contribution >= 4 is 0 Å². The minimum Gasteiger partial charge on any atom is -0.324 e. The summed E-state index contributed by atoms with van der Waals surface area (Å²) < 4.78 is 0. The summed E-state index contributed by atoms with van der Waals surface area (Å²) in [6, 6.07) is 0. The van der Waals surface area contributed by atoms with Gasteiger partial charge in [0.2, 0.25) is 0 Å². The first-order chi connectivity index (χ1) is 4.35. The second kappa shape index (κ2) is 5.43. The van der Waals surface area contributed by atoms with E-state index in [4.69, 9.17) is 5.26 Å². The van der Waals surface area contributed by atoms with Crippen LogP contribution in [0.5, 0.6) is 0 Å². The molecular weight excluding hydrogens is 112 g/mol. The molecule has 0 heterocycles. The average Bonchev–Trinajstić information content (AvgIpc) is 1.91. The zero-order valence-corrected chi connectivity index (χ0v) is 6.15. The highest BCUT2D eigenvalue weighted by Gasteiger charge is 1.99. The summed E-state index contributed by atoms with van der Waals surface area (Å²) in [4.78, 5) is 0. The third-order valence-corrected chi connectivity index (χ3v) is 1.62. The van der Waals surface area contributed by atoms with Crippen molar-refractivity contribution in [2.24, 2.45) is 5.92 Å². The summed E-state index contributed by atoms with van der Waals surface area (Å²) in [5.41, 5.74) is 0. The van der Waals surface area contributed by atoms with E-state index in [1.54, 1.807) is 0 Å². The molecule has 0 bridgehead atoms. The molecule has 0 aromatic carbocycles. The van der Waals surface area contributed by atoms with E-state index in [-0.39, 0.29) is 0 Å². The molecule has 0 rings (SSSR count). The van der Waals surface area contributed by atoms with Gasteiger partial charge in [0.05, 0.1) is 0 Å². The van der Waals surface area contributed by atoms with Crippen LogP contribution in [0, 0.1) is 17.4 Å². The Morgan fingerprint density at radius 3 is 2.33 bits per heavy atom. The van der Waals surface area contributed by atoms with E-state index in [1.807, 2.05) is 6.19 Å². The molecule has 0 spiro atoms. The van der Waals surface area contributed by atoms with Gasteiger partial charge in [-0.25, -0.2) is 0 Å². The summed E-state index contributed by atoms with van der Waals surface area (Å²) >= 11 is 0. The van der Waals surface area contributed by atoms with E-state index in [0.717, 1.165) is 19.4 Å². The molecule has 0 aromatic heterocycles. The van der Waals surface area contributed by atoms with Crippen LogP contribution in [0.3, 0.4) is 0 Å². The molecule has 0 aliphatic heterocycles. The molecule has 0 aromatic rings. The molecule has 9 heavy (non-hydrogen) atoms. The highest BCUT2D eigenvalue weighted by Crippen LogP contribution is 2.04. The Morgan fingerprint density at radius 2 is 2.00 bits per heavy atom. The standard InChI is InChI=1S/C7H14N2/c1-3-7(4-2)5-9-6-8/h7,9H,3-5H2,1-2H3. The van der Waals surface area contributed by atoms with E-state index in [1.165, 1.54) is 0 Å². The molecule has 0 saturated heterocycles. The molecule has 1 N–H and O–H groups in total. The Hall–Kier alpha value is -0.710. The monoisotopic (exact) mass is 126 g/mol. The Morgan fingerprint density at radius 1 is 1.44 bits per heavy atom. The third-order valence-electron chi connectivity index (χ3n) is 1.62. The quantitative estimate of drug-likeness (QED) is 0.457. The van der Waals surface area contributed by atoms with Gasteiger partial charge in [-0.05, 0) is 5.92 Å². The van der Waals surface area contributed by atoms with Crippen molar-refractivity contribution in [1.29, 1.82) is 5.26 Å². The predicted octanol–water partition coefficient (Wildman–Crippen LogP) is 1.49. The van der Waals surface area contributed by atoms with Gasteiger partial charge in [0, 0.05) is 6.54 Å². The van der Waals surface area contributed by atoms with Crippen LogP contribution in [0.15, 0.2) is 0 Å². The fraction of sp³-hybridized carbons (Fsp3) is 0.857. The highest BCUT2D eigenvalue weighted by molar-refractivity contribution is 4.68. The van der Waals surface area contributed by atoms with E-state index < -0.39 is 0 Å². The number of rotatable bonds is 4. The van der Waals surface area contributed by atoms with Gasteiger partial charge in [-0.3, -0.25) is 0 Å². The Bertz CT molecular complexity index is 89.6. The lowest BCUT2D eigenvalue weighted by Gasteiger charge is -2.08. The van der Waals surface area contributed by atoms with E-state index in [2.05, 4.69) is 19.2 Å². The minimum atomic E-state index is 0.671. The zero-order chi connectivity index (χ0) is 7.11. The van der Waals surface area contributed by atoms with Gasteiger partial charge in [0.1, 0.15) is 0 Å². The summed E-state index contributed by atoms with van der Waals surface area (Å²) in [5, 5.41) is 10.8. The molecule has 0 aliphatic carbocycles. The molecule has 0 fully saturated rings. The average molecular weight is 126 g/mol. The molecule has 0 amide bonds. The van der Waals surface area contributed by atoms with Crippen molar-refractivity contribution < 1.29 is 0 Å². The van der Waals surface area contributed by atoms with Gasteiger partial charge < -0.3 is 5.32 Å². The van der Waals surface area contributed by atoms with Crippen LogP contribution in [0.25, 0.3) is 0 Å². The van der Waals surface area contributed by atoms with Crippen LogP contribution in [-0.2, 0) is 0 Å². The van der Waals surface area contributed by atoms with Gasteiger partial charge in [-0.1, -0.05) is 26.7 Å². The van der Waals surface area contributed by atoms with Crippen molar-refractivity contribution in [3.05, 3.63) is 0 Å². The van der Waals surface area contributed by atoms with E-state index >= 15 is 0 Å². The van der Waals surface area contributed by atoms with Gasteiger partial charge >= 0.3 is 0 Å². The van der Waals surface area contributed by atoms with Crippen molar-refractivity contribution in [2.45, 2.75) is 26.7 Å². The lowest BCUT2D eigenvalue weighted by Crippen LogP contribution is -2.16. The summed E-state index contributed by atoms with van der Waals surface area (Å²) in [5.74, 6) is 0.671. The fourth-order valence-electron chi connectivity index (χ4n) is 0.767. The maximum Gasteiger partial charge on any atom is 0.176 e. The van der Waals surface area contributed by atoms with Crippen molar-refractivity contribution in [3.63, 3.8) is 0 Å². The number of nitrogens with one attached hydrogen (secondary N) is 1. The number of nitrogens with zero attached hydrogens (tertiary/aromatic N) is 1. The van der Waals surface area contributed by atoms with Gasteiger partial charge in [-0.2, -0.15) is 5.26 Å². The molecule has 2 heteroatoms. The van der Waals surface area contributed by atoms with Crippen molar-refractivity contribution in [3.8, 4) is 6.19 Å². The number of hydrogen-bond donors (Lipinski definition) is 1. The maximum absolute atomic E-state index is 8.15. The summed E-state index contributed by atoms with van der Waals surface area (Å²) in [6.45, 7) is 5.13. The van der Waals surface area contributed by atoms with Crippen LogP contribution in [0.4, 0.5) is 0 Å². The number of nitriles is 1. The van der Waals surface area contributed by atoms with Crippen LogP contribution in [0.2, 0.25) is 0 Å². The molecule has 0 aliphatic rings. The normalized spacial score (nSPS) is 9.11. The molecule has 2 nitrogen and oxygen atoms in total. The summed E-state index contributed by atoms with van der Waals surface area (Å²) in [7, 11) is 0. The number of hydrogen-bond acceptors (Lipinski definition) is 2. The molecular formula is C7H14N2. The van der Waals surface area contributed by atoms with Gasteiger partial charge in [0.15, 0.2) is 6.19 Å². The van der Waals surface area contributed by atoms with Crippen LogP contribution in [-0.4, -0.2) is 6.54 Å². The molecule has 0 unspecified atom stereocenters. The molecule has 0 atom stereocenters. The highest BCUT2D eigenvalue weighted by atomic mass is 14.8. The summed E-state index contributed by atoms with van der Waals surface area (Å²) in [6.07, 6.45) is 4.23. The van der Waals surface area contributed by atoms with Crippen molar-refractivity contribution in [2.75, 3.05) is 6.54 Å². The topological polar surface area (TPSA) is 35.8 Å². The fourth-order valence-corrected chi connectivity index (χ4v) is 0.767. The van der Waals surface area contributed by atoms with E-state index in [0.29, 0.717) is 5.92 Å². The second-order valence-electron chi connectivity index (χ2n) is 2.18. The van der Waals surface area contributed by atoms with Crippen LogP contribution < -0.4 is 5.32 Å². The first-order valence-corrected chi connectivity index (χ1v) is 3.47. The SMILES string of the molecule is CCC(CC)CNC#N. The molecule has 0 saturated carbocycles. The predicted molar refractivity (Wildman–Crippen MR) is 37.7 cm³/mol. The smallest absolute Gasteiger partial charge is 0.176 e. The van der Waals surface area contributed by atoms with Gasteiger partial charge in [0.25, 0.3) is 0 Å². The maximum atomic E-state index is 8.15. The molecule has 0 radical (unpaired) electrons. The Labute approximate surface area is 56.9 Å².